The number of nitrogens with one attached hydrogen (secondary N) is 2. The molecule has 0 saturated carbocycles. The SMILES string of the molecule is CC[C@H](NC(=S)NCc1ccc(OC)cc1)c1ccc(Br)cc1. The van der Waals surface area contributed by atoms with Gasteiger partial charge in [-0.1, -0.05) is 47.1 Å². The van der Waals surface area contributed by atoms with Crippen molar-refractivity contribution >= 4 is 33.3 Å². The van der Waals surface area contributed by atoms with Crippen molar-refractivity contribution in [1.82, 2.24) is 10.6 Å². The predicted octanol–water partition coefficient (Wildman–Crippen LogP) is 4.57. The van der Waals surface area contributed by atoms with Crippen LogP contribution >= 0.6 is 28.1 Å². The average molecular weight is 393 g/mol. The number of halogens is 1. The van der Waals surface area contributed by atoms with Crippen LogP contribution in [0.2, 0.25) is 0 Å². The van der Waals surface area contributed by atoms with E-state index in [0.29, 0.717) is 11.7 Å². The molecule has 2 aromatic carbocycles. The molecule has 0 bridgehead atoms. The molecule has 0 aliphatic rings. The lowest BCUT2D eigenvalue weighted by molar-refractivity contribution is 0.414. The second-order valence-electron chi connectivity index (χ2n) is 5.19. The maximum Gasteiger partial charge on any atom is 0.167 e. The van der Waals surface area contributed by atoms with E-state index in [-0.39, 0.29) is 6.04 Å². The van der Waals surface area contributed by atoms with Gasteiger partial charge in [-0.25, -0.2) is 0 Å². The lowest BCUT2D eigenvalue weighted by atomic mass is 10.1. The molecule has 0 amide bonds. The van der Waals surface area contributed by atoms with Gasteiger partial charge in [0.25, 0.3) is 0 Å². The summed E-state index contributed by atoms with van der Waals surface area (Å²) in [4.78, 5) is 0. The van der Waals surface area contributed by atoms with Crippen molar-refractivity contribution in [2.24, 2.45) is 0 Å². The summed E-state index contributed by atoms with van der Waals surface area (Å²) >= 11 is 8.87. The Kier molecular flexibility index (Phi) is 6.86. The zero-order chi connectivity index (χ0) is 16.7. The summed E-state index contributed by atoms with van der Waals surface area (Å²) in [6.45, 7) is 2.83. The Hall–Kier alpha value is -1.59. The van der Waals surface area contributed by atoms with Gasteiger partial charge in [-0.05, 0) is 54.0 Å². The van der Waals surface area contributed by atoms with Gasteiger partial charge in [0, 0.05) is 11.0 Å². The molecule has 1 atom stereocenters. The van der Waals surface area contributed by atoms with Crippen LogP contribution in [0, 0.1) is 0 Å². The Bertz CT molecular complexity index is 628. The number of thiocarbonyl (C=S) groups is 1. The number of benzene rings is 2. The highest BCUT2D eigenvalue weighted by atomic mass is 79.9. The fourth-order valence-corrected chi connectivity index (χ4v) is 2.73. The van der Waals surface area contributed by atoms with Crippen molar-refractivity contribution in [2.45, 2.75) is 25.9 Å². The summed E-state index contributed by atoms with van der Waals surface area (Å²) in [6.07, 6.45) is 0.964. The highest BCUT2D eigenvalue weighted by Gasteiger charge is 2.10. The Balaban J connectivity index is 1.88. The van der Waals surface area contributed by atoms with Gasteiger partial charge in [-0.2, -0.15) is 0 Å². The van der Waals surface area contributed by atoms with E-state index in [1.54, 1.807) is 7.11 Å². The van der Waals surface area contributed by atoms with Crippen molar-refractivity contribution in [2.75, 3.05) is 7.11 Å². The second kappa shape index (κ2) is 8.89. The summed E-state index contributed by atoms with van der Waals surface area (Å²) in [6, 6.07) is 16.5. The summed E-state index contributed by atoms with van der Waals surface area (Å²) in [5.74, 6) is 0.857. The fraction of sp³-hybridized carbons (Fsp3) is 0.278. The molecule has 0 heterocycles. The van der Waals surface area contributed by atoms with Crippen LogP contribution in [0.3, 0.4) is 0 Å². The van der Waals surface area contributed by atoms with Crippen molar-refractivity contribution in [3.8, 4) is 5.75 Å². The molecule has 0 aromatic heterocycles. The van der Waals surface area contributed by atoms with Crippen LogP contribution in [-0.2, 0) is 6.54 Å². The predicted molar refractivity (Wildman–Crippen MR) is 103 cm³/mol. The molecule has 0 saturated heterocycles. The van der Waals surface area contributed by atoms with E-state index in [1.165, 1.54) is 5.56 Å². The fourth-order valence-electron chi connectivity index (χ4n) is 2.25. The minimum Gasteiger partial charge on any atom is -0.497 e. The molecule has 0 radical (unpaired) electrons. The summed E-state index contributed by atoms with van der Waals surface area (Å²) in [5, 5.41) is 7.29. The van der Waals surface area contributed by atoms with Gasteiger partial charge in [-0.15, -0.1) is 0 Å². The smallest absolute Gasteiger partial charge is 0.167 e. The van der Waals surface area contributed by atoms with Crippen LogP contribution < -0.4 is 15.4 Å². The highest BCUT2D eigenvalue weighted by molar-refractivity contribution is 9.10. The number of ether oxygens (including phenoxy) is 1. The van der Waals surface area contributed by atoms with Gasteiger partial charge >= 0.3 is 0 Å². The van der Waals surface area contributed by atoms with Crippen molar-refractivity contribution in [3.63, 3.8) is 0 Å². The first-order chi connectivity index (χ1) is 11.1. The van der Waals surface area contributed by atoms with Crippen LogP contribution in [0.1, 0.15) is 30.5 Å². The molecule has 122 valence electrons. The van der Waals surface area contributed by atoms with E-state index in [9.17, 15) is 0 Å². The van der Waals surface area contributed by atoms with Gasteiger partial charge < -0.3 is 15.4 Å². The molecule has 2 aromatic rings. The third-order valence-electron chi connectivity index (χ3n) is 3.60. The molecule has 0 fully saturated rings. The first kappa shape index (κ1) is 17.8. The average Bonchev–Trinajstić information content (AvgIpc) is 2.59. The summed E-state index contributed by atoms with van der Waals surface area (Å²) in [5.41, 5.74) is 2.39. The molecule has 5 heteroatoms. The Labute approximate surface area is 151 Å². The molecule has 0 unspecified atom stereocenters. The van der Waals surface area contributed by atoms with Crippen LogP contribution in [-0.4, -0.2) is 12.2 Å². The minimum absolute atomic E-state index is 0.207. The van der Waals surface area contributed by atoms with Crippen LogP contribution in [0.5, 0.6) is 5.75 Å². The molecule has 0 spiro atoms. The third-order valence-corrected chi connectivity index (χ3v) is 4.39. The number of hydrogen-bond acceptors (Lipinski definition) is 2. The van der Waals surface area contributed by atoms with Crippen molar-refractivity contribution < 1.29 is 4.74 Å². The number of methoxy groups -OCH3 is 1. The summed E-state index contributed by atoms with van der Waals surface area (Å²) < 4.78 is 6.24. The third kappa shape index (κ3) is 5.52. The first-order valence-electron chi connectivity index (χ1n) is 7.55. The van der Waals surface area contributed by atoms with Gasteiger partial charge in [0.05, 0.1) is 13.2 Å². The Morgan fingerprint density at radius 3 is 2.35 bits per heavy atom. The molecular formula is C18H21BrN2OS. The standard InChI is InChI=1S/C18H21BrN2OS/c1-3-17(14-6-8-15(19)9-7-14)21-18(23)20-12-13-4-10-16(22-2)11-5-13/h4-11,17H,3,12H2,1-2H3,(H2,20,21,23)/t17-/m0/s1. The molecule has 2 rings (SSSR count). The van der Waals surface area contributed by atoms with Crippen LogP contribution in [0.4, 0.5) is 0 Å². The zero-order valence-electron chi connectivity index (χ0n) is 13.3. The highest BCUT2D eigenvalue weighted by Crippen LogP contribution is 2.19. The van der Waals surface area contributed by atoms with Gasteiger partial charge in [-0.3, -0.25) is 0 Å². The Morgan fingerprint density at radius 2 is 1.78 bits per heavy atom. The molecule has 2 N–H and O–H groups in total. The van der Waals surface area contributed by atoms with Crippen molar-refractivity contribution in [1.29, 1.82) is 0 Å². The minimum atomic E-state index is 0.207. The maximum atomic E-state index is 5.41. The molecule has 0 aliphatic carbocycles. The lowest BCUT2D eigenvalue weighted by Crippen LogP contribution is -2.37. The topological polar surface area (TPSA) is 33.3 Å². The normalized spacial score (nSPS) is 11.6. The van der Waals surface area contributed by atoms with E-state index in [1.807, 2.05) is 36.4 Å². The summed E-state index contributed by atoms with van der Waals surface area (Å²) in [7, 11) is 1.67. The Morgan fingerprint density at radius 1 is 1.13 bits per heavy atom. The van der Waals surface area contributed by atoms with E-state index in [4.69, 9.17) is 17.0 Å². The molecular weight excluding hydrogens is 372 g/mol. The lowest BCUT2D eigenvalue weighted by Gasteiger charge is -2.20. The van der Waals surface area contributed by atoms with E-state index >= 15 is 0 Å². The van der Waals surface area contributed by atoms with Gasteiger partial charge in [0.15, 0.2) is 5.11 Å². The molecule has 23 heavy (non-hydrogen) atoms. The zero-order valence-corrected chi connectivity index (χ0v) is 15.7. The first-order valence-corrected chi connectivity index (χ1v) is 8.75. The van der Waals surface area contributed by atoms with Crippen LogP contribution in [0.15, 0.2) is 53.0 Å². The van der Waals surface area contributed by atoms with E-state index in [2.05, 4.69) is 45.6 Å². The number of hydrogen-bond donors (Lipinski definition) is 2. The van der Waals surface area contributed by atoms with Gasteiger partial charge in [0.2, 0.25) is 0 Å². The quantitative estimate of drug-likeness (QED) is 0.705. The molecule has 3 nitrogen and oxygen atoms in total. The molecule has 0 aliphatic heterocycles. The van der Waals surface area contributed by atoms with E-state index < -0.39 is 0 Å². The second-order valence-corrected chi connectivity index (χ2v) is 6.51. The largest absolute Gasteiger partial charge is 0.497 e. The van der Waals surface area contributed by atoms with Crippen molar-refractivity contribution in [3.05, 3.63) is 64.1 Å². The monoisotopic (exact) mass is 392 g/mol. The van der Waals surface area contributed by atoms with E-state index in [0.717, 1.165) is 22.2 Å². The maximum absolute atomic E-state index is 5.41. The van der Waals surface area contributed by atoms with Gasteiger partial charge in [0.1, 0.15) is 5.75 Å². The number of rotatable bonds is 6. The van der Waals surface area contributed by atoms with Crippen LogP contribution in [0.25, 0.3) is 0 Å².